The van der Waals surface area contributed by atoms with E-state index in [-0.39, 0.29) is 67.7 Å². The molecule has 0 radical (unpaired) electrons. The van der Waals surface area contributed by atoms with Crippen LogP contribution in [0.4, 0.5) is 68.9 Å². The second-order valence-electron chi connectivity index (χ2n) is 16.4. The summed E-state index contributed by atoms with van der Waals surface area (Å²) in [5.41, 5.74) is -9.00. The summed E-state index contributed by atoms with van der Waals surface area (Å²) < 4.78 is 172. The van der Waals surface area contributed by atoms with Gasteiger partial charge in [-0.3, -0.25) is 0 Å². The fraction of sp³-hybridized carbons (Fsp3) is 0.395. The third-order valence-corrected chi connectivity index (χ3v) is 11.7. The maximum Gasteiger partial charge on any atom is 0.417 e. The highest BCUT2D eigenvalue weighted by Crippen LogP contribution is 2.52. The van der Waals surface area contributed by atoms with E-state index in [9.17, 15) is 57.5 Å². The van der Waals surface area contributed by atoms with E-state index in [2.05, 4.69) is 5.32 Å². The lowest BCUT2D eigenvalue weighted by Crippen LogP contribution is -2.45. The number of anilines is 2. The Labute approximate surface area is 384 Å². The van der Waals surface area contributed by atoms with Crippen molar-refractivity contribution in [1.82, 2.24) is 5.32 Å². The number of alkyl carbamates (subject to hydrolysis) is 1. The molecule has 2 atom stereocenters. The molecule has 6 rings (SSSR count). The lowest BCUT2D eigenvalue weighted by atomic mass is 9.79. The Kier molecular flexibility index (Phi) is 14.8. The molecule has 65 heavy (non-hydrogen) atoms. The number of halogens is 16. The molecular formula is C43H36Cl4F12N4O2. The van der Waals surface area contributed by atoms with Gasteiger partial charge in [-0.15, -0.1) is 0 Å². The maximum absolute atomic E-state index is 14.3. The first-order chi connectivity index (χ1) is 29.8. The Bertz CT molecular complexity index is 2410. The summed E-state index contributed by atoms with van der Waals surface area (Å²) in [6, 6.07) is 14.9. The molecule has 0 bridgehead atoms. The minimum Gasteiger partial charge on any atom is -0.444 e. The summed E-state index contributed by atoms with van der Waals surface area (Å²) in [4.78, 5) is 14.3. The van der Waals surface area contributed by atoms with Gasteiger partial charge < -0.3 is 19.9 Å². The van der Waals surface area contributed by atoms with Crippen molar-refractivity contribution in [2.24, 2.45) is 0 Å². The SMILES string of the molecule is CC(C)(C)OC(=O)NCc1ccc(N2CCC(c3cc(Cl)cc(Cl)c3)(C(F)(F)F)C2)cc1C(F)(F)F.N#Cc1ccc(N2CCC(c3cc(Cl)cc(Cl)c3)(C(F)(F)F)C2)cc1C(F)(F)F. The number of nitrogens with zero attached hydrogens (tertiary/aromatic N) is 3. The van der Waals surface area contributed by atoms with E-state index in [4.69, 9.17) is 56.4 Å². The van der Waals surface area contributed by atoms with Gasteiger partial charge in [-0.05, 0) is 117 Å². The van der Waals surface area contributed by atoms with Crippen molar-refractivity contribution in [3.8, 4) is 6.07 Å². The summed E-state index contributed by atoms with van der Waals surface area (Å²) in [6.45, 7) is 2.86. The Morgan fingerprint density at radius 2 is 1.05 bits per heavy atom. The largest absolute Gasteiger partial charge is 0.444 e. The standard InChI is InChI=1S/C24H24Cl2F6N2O2.C19H12Cl2F6N2/c1-21(2,3)36-20(35)33-12-14-4-5-18(11-19(14)23(27,28)29)34-7-6-22(13-34,24(30,31)32)15-8-16(25)10-17(26)9-15;20-13-5-12(6-14(21)7-13)17(19(25,26)27)3-4-29(10-17)15-2-1-11(9-28)16(8-15)18(22,23)24/h4-5,8-11H,6-7,12-13H2,1-3H3,(H,33,35);1-2,5-8H,3-4,10H2. The zero-order valence-electron chi connectivity index (χ0n) is 34.1. The molecule has 0 aliphatic carbocycles. The van der Waals surface area contributed by atoms with E-state index < -0.39 is 90.0 Å². The maximum atomic E-state index is 14.3. The molecule has 4 aromatic rings. The number of alkyl halides is 12. The molecule has 2 saturated heterocycles. The van der Waals surface area contributed by atoms with Crippen LogP contribution in [0.5, 0.6) is 0 Å². The van der Waals surface area contributed by atoms with Crippen LogP contribution in [-0.4, -0.2) is 50.2 Å². The molecule has 0 aromatic heterocycles. The third kappa shape index (κ3) is 11.8. The van der Waals surface area contributed by atoms with Crippen LogP contribution in [0.1, 0.15) is 67.0 Å². The molecule has 1 N–H and O–H groups in total. The lowest BCUT2D eigenvalue weighted by molar-refractivity contribution is -0.185. The van der Waals surface area contributed by atoms with Crippen molar-refractivity contribution < 1.29 is 62.2 Å². The molecule has 22 heteroatoms. The Balaban J connectivity index is 0.000000250. The number of carbonyl (C=O) groups excluding carboxylic acids is 1. The number of nitriles is 1. The molecule has 2 aliphatic heterocycles. The predicted octanol–water partition coefficient (Wildman–Crippen LogP) is 14.3. The zero-order valence-corrected chi connectivity index (χ0v) is 37.1. The first-order valence-electron chi connectivity index (χ1n) is 19.1. The van der Waals surface area contributed by atoms with Gasteiger partial charge in [-0.25, -0.2) is 4.79 Å². The highest BCUT2D eigenvalue weighted by Gasteiger charge is 2.60. The van der Waals surface area contributed by atoms with Crippen molar-refractivity contribution in [2.75, 3.05) is 36.0 Å². The van der Waals surface area contributed by atoms with Crippen molar-refractivity contribution in [2.45, 2.75) is 81.3 Å². The van der Waals surface area contributed by atoms with Gasteiger partial charge >= 0.3 is 30.8 Å². The molecule has 352 valence electrons. The van der Waals surface area contributed by atoms with Crippen LogP contribution in [0, 0.1) is 11.3 Å². The lowest BCUT2D eigenvalue weighted by Gasteiger charge is -2.33. The summed E-state index contributed by atoms with van der Waals surface area (Å²) >= 11 is 23.6. The Morgan fingerprint density at radius 1 is 0.646 bits per heavy atom. The fourth-order valence-corrected chi connectivity index (χ4v) is 8.76. The van der Waals surface area contributed by atoms with Gasteiger partial charge in [-0.1, -0.05) is 52.5 Å². The van der Waals surface area contributed by atoms with Crippen LogP contribution in [0.2, 0.25) is 20.1 Å². The molecule has 6 nitrogen and oxygen atoms in total. The number of benzene rings is 4. The van der Waals surface area contributed by atoms with Crippen molar-refractivity contribution in [3.05, 3.63) is 126 Å². The Hall–Kier alpha value is -4.44. The molecule has 0 saturated carbocycles. The molecule has 2 heterocycles. The molecule has 4 aromatic carbocycles. The number of hydrogen-bond donors (Lipinski definition) is 1. The topological polar surface area (TPSA) is 68.6 Å². The quantitative estimate of drug-likeness (QED) is 0.195. The predicted molar refractivity (Wildman–Crippen MR) is 223 cm³/mol. The first kappa shape index (κ1) is 51.5. The molecule has 1 amide bonds. The number of amides is 1. The van der Waals surface area contributed by atoms with Gasteiger partial charge in [0.25, 0.3) is 0 Å². The van der Waals surface area contributed by atoms with Gasteiger partial charge in [0, 0.05) is 64.2 Å². The average molecular weight is 1010 g/mol. The van der Waals surface area contributed by atoms with E-state index in [0.717, 1.165) is 18.2 Å². The smallest absolute Gasteiger partial charge is 0.417 e. The number of nitrogens with one attached hydrogen (secondary N) is 1. The number of rotatable bonds is 6. The monoisotopic (exact) mass is 1010 g/mol. The first-order valence-corrected chi connectivity index (χ1v) is 20.6. The number of hydrogen-bond acceptors (Lipinski definition) is 5. The third-order valence-electron chi connectivity index (χ3n) is 10.8. The Morgan fingerprint density at radius 3 is 1.42 bits per heavy atom. The number of carbonyl (C=O) groups is 1. The molecule has 0 spiro atoms. The minimum absolute atomic E-state index is 0.0254. The highest BCUT2D eigenvalue weighted by molar-refractivity contribution is 6.35. The summed E-state index contributed by atoms with van der Waals surface area (Å²) in [5.74, 6) is 0. The van der Waals surface area contributed by atoms with E-state index in [1.54, 1.807) is 20.8 Å². The summed E-state index contributed by atoms with van der Waals surface area (Å²) in [7, 11) is 0. The minimum atomic E-state index is -4.80. The summed E-state index contributed by atoms with van der Waals surface area (Å²) in [5, 5.41) is 11.3. The fourth-order valence-electron chi connectivity index (χ4n) is 7.70. The second-order valence-corrected chi connectivity index (χ2v) is 18.1. The summed E-state index contributed by atoms with van der Waals surface area (Å²) in [6.07, 6.45) is -20.7. The van der Waals surface area contributed by atoms with Crippen molar-refractivity contribution in [1.29, 1.82) is 5.26 Å². The van der Waals surface area contributed by atoms with Gasteiger partial charge in [0.1, 0.15) is 16.4 Å². The van der Waals surface area contributed by atoms with Crippen LogP contribution in [-0.2, 0) is 34.5 Å². The van der Waals surface area contributed by atoms with Crippen LogP contribution in [0.3, 0.4) is 0 Å². The van der Waals surface area contributed by atoms with Gasteiger partial charge in [0.05, 0.1) is 22.8 Å². The normalized spacial score (nSPS) is 19.4. The van der Waals surface area contributed by atoms with Gasteiger partial charge in [0.15, 0.2) is 0 Å². The molecule has 2 fully saturated rings. The highest BCUT2D eigenvalue weighted by atomic mass is 35.5. The second kappa shape index (κ2) is 18.7. The molecule has 2 aliphatic rings. The van der Waals surface area contributed by atoms with Crippen LogP contribution >= 0.6 is 46.4 Å². The van der Waals surface area contributed by atoms with E-state index >= 15 is 0 Å². The van der Waals surface area contributed by atoms with Gasteiger partial charge in [0.2, 0.25) is 0 Å². The van der Waals surface area contributed by atoms with Crippen molar-refractivity contribution in [3.63, 3.8) is 0 Å². The zero-order chi connectivity index (χ0) is 48.7. The number of ether oxygens (including phenoxy) is 1. The van der Waals surface area contributed by atoms with Gasteiger partial charge in [-0.2, -0.15) is 57.9 Å². The van der Waals surface area contributed by atoms with E-state index in [1.807, 2.05) is 0 Å². The van der Waals surface area contributed by atoms with E-state index in [0.29, 0.717) is 6.07 Å². The van der Waals surface area contributed by atoms with Crippen molar-refractivity contribution >= 4 is 63.9 Å². The molecular weight excluding hydrogens is 974 g/mol. The van der Waals surface area contributed by atoms with Crippen LogP contribution in [0.15, 0.2) is 72.8 Å². The van der Waals surface area contributed by atoms with E-state index in [1.165, 1.54) is 64.4 Å². The average Bonchev–Trinajstić information content (AvgIpc) is 3.83. The van der Waals surface area contributed by atoms with Crippen LogP contribution in [0.25, 0.3) is 0 Å². The molecule has 2 unspecified atom stereocenters. The van der Waals surface area contributed by atoms with Crippen LogP contribution < -0.4 is 15.1 Å².